The van der Waals surface area contributed by atoms with Crippen molar-refractivity contribution < 1.29 is 13.2 Å². The maximum atomic E-state index is 12.6. The summed E-state index contributed by atoms with van der Waals surface area (Å²) in [5.41, 5.74) is 1.19. The van der Waals surface area contributed by atoms with Crippen molar-refractivity contribution in [2.24, 2.45) is 0 Å². The third-order valence-electron chi connectivity index (χ3n) is 4.17. The Labute approximate surface area is 157 Å². The molecule has 1 amide bonds. The first kappa shape index (κ1) is 18.9. The molecule has 0 bridgehead atoms. The SMILES string of the molecule is CCn1cc(CNS(=O)(=O)c2cccc(C(=O)N3CCSCC3)c2)cn1. The zero-order chi connectivity index (χ0) is 18.6. The number of aromatic nitrogens is 2. The molecule has 1 saturated heterocycles. The zero-order valence-electron chi connectivity index (χ0n) is 14.6. The summed E-state index contributed by atoms with van der Waals surface area (Å²) in [6.45, 7) is 4.24. The monoisotopic (exact) mass is 394 g/mol. The van der Waals surface area contributed by atoms with Crippen LogP contribution in [0.1, 0.15) is 22.8 Å². The van der Waals surface area contributed by atoms with Crippen LogP contribution in [0.2, 0.25) is 0 Å². The third-order valence-corrected chi connectivity index (χ3v) is 6.51. The molecule has 1 aliphatic heterocycles. The van der Waals surface area contributed by atoms with Crippen molar-refractivity contribution in [1.82, 2.24) is 19.4 Å². The van der Waals surface area contributed by atoms with Gasteiger partial charge < -0.3 is 4.90 Å². The summed E-state index contributed by atoms with van der Waals surface area (Å²) in [7, 11) is -3.70. The van der Waals surface area contributed by atoms with Gasteiger partial charge in [0.15, 0.2) is 0 Å². The summed E-state index contributed by atoms with van der Waals surface area (Å²) in [6.07, 6.45) is 3.44. The second kappa shape index (κ2) is 8.24. The van der Waals surface area contributed by atoms with Gasteiger partial charge in [-0.15, -0.1) is 0 Å². The lowest BCUT2D eigenvalue weighted by Gasteiger charge is -2.26. The van der Waals surface area contributed by atoms with E-state index in [-0.39, 0.29) is 17.3 Å². The number of carbonyl (C=O) groups is 1. The number of carbonyl (C=O) groups excluding carboxylic acids is 1. The lowest BCUT2D eigenvalue weighted by Crippen LogP contribution is -2.38. The first-order valence-corrected chi connectivity index (χ1v) is 11.1. The number of nitrogens with one attached hydrogen (secondary N) is 1. The topological polar surface area (TPSA) is 84.3 Å². The molecule has 1 aromatic carbocycles. The van der Waals surface area contributed by atoms with Crippen LogP contribution in [0, 0.1) is 0 Å². The Morgan fingerprint density at radius 1 is 1.31 bits per heavy atom. The van der Waals surface area contributed by atoms with Crippen molar-refractivity contribution in [3.8, 4) is 0 Å². The summed E-state index contributed by atoms with van der Waals surface area (Å²) in [5.74, 6) is 1.71. The standard InChI is InChI=1S/C17H22N4O3S2/c1-2-21-13-14(11-18-21)12-19-26(23,24)16-5-3-4-15(10-16)17(22)20-6-8-25-9-7-20/h3-5,10-11,13,19H,2,6-9,12H2,1H3. The molecule has 3 rings (SSSR count). The van der Waals surface area contributed by atoms with E-state index >= 15 is 0 Å². The zero-order valence-corrected chi connectivity index (χ0v) is 16.2. The van der Waals surface area contributed by atoms with E-state index in [1.165, 1.54) is 12.1 Å². The van der Waals surface area contributed by atoms with Crippen LogP contribution in [0.5, 0.6) is 0 Å². The number of nitrogens with zero attached hydrogens (tertiary/aromatic N) is 3. The molecular weight excluding hydrogens is 372 g/mol. The average Bonchev–Trinajstić information content (AvgIpc) is 3.15. The van der Waals surface area contributed by atoms with Crippen molar-refractivity contribution in [2.45, 2.75) is 24.9 Å². The quantitative estimate of drug-likeness (QED) is 0.804. The summed E-state index contributed by atoms with van der Waals surface area (Å²) in [4.78, 5) is 14.5. The van der Waals surface area contributed by atoms with Gasteiger partial charge >= 0.3 is 0 Å². The smallest absolute Gasteiger partial charge is 0.253 e. The highest BCUT2D eigenvalue weighted by Gasteiger charge is 2.21. The van der Waals surface area contributed by atoms with Gasteiger partial charge in [0, 0.05) is 55.0 Å². The Hall–Kier alpha value is -1.84. The minimum absolute atomic E-state index is 0.0950. The van der Waals surface area contributed by atoms with Gasteiger partial charge in [0.25, 0.3) is 5.91 Å². The lowest BCUT2D eigenvalue weighted by atomic mass is 10.2. The predicted octanol–water partition coefficient (Wildman–Crippen LogP) is 1.57. The molecule has 1 aromatic heterocycles. The van der Waals surface area contributed by atoms with Crippen LogP contribution in [0.4, 0.5) is 0 Å². The van der Waals surface area contributed by atoms with Gasteiger partial charge in [-0.05, 0) is 25.1 Å². The van der Waals surface area contributed by atoms with E-state index in [4.69, 9.17) is 0 Å². The van der Waals surface area contributed by atoms with Crippen molar-refractivity contribution in [1.29, 1.82) is 0 Å². The molecule has 1 fully saturated rings. The molecule has 9 heteroatoms. The molecule has 2 aromatic rings. The Bertz CT molecular complexity index is 874. The number of amides is 1. The largest absolute Gasteiger partial charge is 0.337 e. The Kier molecular flexibility index (Phi) is 6.00. The normalized spacial score (nSPS) is 15.2. The molecule has 0 saturated carbocycles. The maximum absolute atomic E-state index is 12.6. The van der Waals surface area contributed by atoms with E-state index in [2.05, 4.69) is 9.82 Å². The molecule has 0 aliphatic carbocycles. The van der Waals surface area contributed by atoms with Gasteiger partial charge in [-0.25, -0.2) is 13.1 Å². The fourth-order valence-corrected chi connectivity index (χ4v) is 4.64. The molecule has 1 N–H and O–H groups in total. The van der Waals surface area contributed by atoms with E-state index in [1.54, 1.807) is 34.1 Å². The molecule has 0 atom stereocenters. The molecule has 2 heterocycles. The average molecular weight is 395 g/mol. The van der Waals surface area contributed by atoms with Gasteiger partial charge in [0.05, 0.1) is 11.1 Å². The molecule has 7 nitrogen and oxygen atoms in total. The third kappa shape index (κ3) is 4.46. The highest BCUT2D eigenvalue weighted by Crippen LogP contribution is 2.16. The second-order valence-electron chi connectivity index (χ2n) is 5.96. The summed E-state index contributed by atoms with van der Waals surface area (Å²) < 4.78 is 29.4. The number of hydrogen-bond acceptors (Lipinski definition) is 5. The van der Waals surface area contributed by atoms with Crippen molar-refractivity contribution in [2.75, 3.05) is 24.6 Å². The lowest BCUT2D eigenvalue weighted by molar-refractivity contribution is 0.0772. The molecule has 26 heavy (non-hydrogen) atoms. The molecule has 0 radical (unpaired) electrons. The van der Waals surface area contributed by atoms with E-state index in [0.29, 0.717) is 18.7 Å². The number of thioether (sulfide) groups is 1. The van der Waals surface area contributed by atoms with Crippen molar-refractivity contribution in [3.05, 3.63) is 47.8 Å². The van der Waals surface area contributed by atoms with Crippen LogP contribution >= 0.6 is 11.8 Å². The maximum Gasteiger partial charge on any atom is 0.253 e. The van der Waals surface area contributed by atoms with Crippen LogP contribution in [-0.2, 0) is 23.1 Å². The summed E-state index contributed by atoms with van der Waals surface area (Å²) in [5, 5.41) is 4.13. The Morgan fingerprint density at radius 2 is 2.08 bits per heavy atom. The minimum Gasteiger partial charge on any atom is -0.337 e. The number of rotatable bonds is 6. The van der Waals surface area contributed by atoms with Gasteiger partial charge in [-0.1, -0.05) is 6.07 Å². The molecule has 0 unspecified atom stereocenters. The first-order chi connectivity index (χ1) is 12.5. The van der Waals surface area contributed by atoms with E-state index < -0.39 is 10.0 Å². The number of hydrogen-bond donors (Lipinski definition) is 1. The van der Waals surface area contributed by atoms with E-state index in [1.807, 2.05) is 18.7 Å². The number of sulfonamides is 1. The van der Waals surface area contributed by atoms with Gasteiger partial charge in [0.2, 0.25) is 10.0 Å². The predicted molar refractivity (Wildman–Crippen MR) is 102 cm³/mol. The molecule has 1 aliphatic rings. The van der Waals surface area contributed by atoms with Crippen LogP contribution in [-0.4, -0.2) is 53.6 Å². The molecular formula is C17H22N4O3S2. The van der Waals surface area contributed by atoms with Crippen LogP contribution < -0.4 is 4.72 Å². The van der Waals surface area contributed by atoms with Crippen LogP contribution in [0.3, 0.4) is 0 Å². The van der Waals surface area contributed by atoms with Gasteiger partial charge in [-0.3, -0.25) is 9.48 Å². The second-order valence-corrected chi connectivity index (χ2v) is 8.95. The Balaban J connectivity index is 1.72. The van der Waals surface area contributed by atoms with Crippen LogP contribution in [0.15, 0.2) is 41.6 Å². The molecule has 0 spiro atoms. The van der Waals surface area contributed by atoms with Gasteiger partial charge in [-0.2, -0.15) is 16.9 Å². The first-order valence-electron chi connectivity index (χ1n) is 8.47. The Morgan fingerprint density at radius 3 is 2.77 bits per heavy atom. The number of benzene rings is 1. The fraction of sp³-hybridized carbons (Fsp3) is 0.412. The minimum atomic E-state index is -3.70. The summed E-state index contributed by atoms with van der Waals surface area (Å²) >= 11 is 1.82. The van der Waals surface area contributed by atoms with E-state index in [0.717, 1.165) is 23.6 Å². The van der Waals surface area contributed by atoms with Crippen molar-refractivity contribution >= 4 is 27.7 Å². The molecule has 140 valence electrons. The summed E-state index contributed by atoms with van der Waals surface area (Å²) in [6, 6.07) is 6.21. The number of aryl methyl sites for hydroxylation is 1. The fourth-order valence-electron chi connectivity index (χ4n) is 2.68. The van der Waals surface area contributed by atoms with E-state index in [9.17, 15) is 13.2 Å². The highest BCUT2D eigenvalue weighted by molar-refractivity contribution is 7.99. The van der Waals surface area contributed by atoms with Crippen LogP contribution in [0.25, 0.3) is 0 Å². The van der Waals surface area contributed by atoms with Crippen molar-refractivity contribution in [3.63, 3.8) is 0 Å². The van der Waals surface area contributed by atoms with Gasteiger partial charge in [0.1, 0.15) is 0 Å². The highest BCUT2D eigenvalue weighted by atomic mass is 32.2.